The first-order chi connectivity index (χ1) is 7.58. The molecule has 1 aliphatic heterocycles. The zero-order valence-corrected chi connectivity index (χ0v) is 12.4. The first-order valence-electron chi connectivity index (χ1n) is 5.81. The summed E-state index contributed by atoms with van der Waals surface area (Å²) >= 11 is 5.38. The van der Waals surface area contributed by atoms with E-state index in [1.165, 1.54) is 9.35 Å². The molecular weight excluding hydrogens is 284 g/mol. The first kappa shape index (κ1) is 12.6. The number of rotatable bonds is 2. The number of nitrogens with zero attached hydrogens (tertiary/aromatic N) is 1. The zero-order valence-electron chi connectivity index (χ0n) is 10.0. The fraction of sp³-hybridized carbons (Fsp3) is 0.667. The van der Waals surface area contributed by atoms with Gasteiger partial charge in [-0.3, -0.25) is 4.90 Å². The van der Waals surface area contributed by atoms with E-state index in [-0.39, 0.29) is 0 Å². The van der Waals surface area contributed by atoms with Crippen molar-refractivity contribution in [2.75, 3.05) is 13.1 Å². The number of hydrogen-bond acceptors (Lipinski definition) is 3. The van der Waals surface area contributed by atoms with Crippen LogP contribution in [0.15, 0.2) is 15.9 Å². The van der Waals surface area contributed by atoms with Crippen molar-refractivity contribution in [3.63, 3.8) is 0 Å². The molecule has 16 heavy (non-hydrogen) atoms. The maximum atomic E-state index is 3.53. The molecule has 4 heteroatoms. The summed E-state index contributed by atoms with van der Waals surface area (Å²) < 4.78 is 1.20. The van der Waals surface area contributed by atoms with E-state index in [0.717, 1.165) is 13.1 Å². The van der Waals surface area contributed by atoms with Crippen LogP contribution in [-0.2, 0) is 0 Å². The Balaban J connectivity index is 2.10. The Bertz CT molecular complexity index is 353. The molecular formula is C12H19BrN2S. The Morgan fingerprint density at radius 2 is 2.31 bits per heavy atom. The predicted molar refractivity (Wildman–Crippen MR) is 74.1 cm³/mol. The molecule has 0 radical (unpaired) electrons. The van der Waals surface area contributed by atoms with E-state index >= 15 is 0 Å². The average Bonchev–Trinajstić information content (AvgIpc) is 2.67. The lowest BCUT2D eigenvalue weighted by atomic mass is 10.1. The molecule has 1 saturated heterocycles. The Morgan fingerprint density at radius 1 is 1.56 bits per heavy atom. The van der Waals surface area contributed by atoms with Crippen LogP contribution in [0, 0.1) is 0 Å². The second-order valence-corrected chi connectivity index (χ2v) is 6.56. The molecule has 1 N–H and O–H groups in total. The molecule has 90 valence electrons. The van der Waals surface area contributed by atoms with E-state index < -0.39 is 0 Å². The minimum atomic E-state index is 0.524. The molecule has 2 heterocycles. The number of hydrogen-bond donors (Lipinski definition) is 1. The van der Waals surface area contributed by atoms with Gasteiger partial charge in [0.2, 0.25) is 0 Å². The van der Waals surface area contributed by atoms with Crippen molar-refractivity contribution in [3.05, 3.63) is 20.8 Å². The Labute approximate surface area is 110 Å². The zero-order chi connectivity index (χ0) is 11.7. The van der Waals surface area contributed by atoms with Crippen molar-refractivity contribution in [3.8, 4) is 0 Å². The lowest BCUT2D eigenvalue weighted by molar-refractivity contribution is 0.105. The lowest BCUT2D eigenvalue weighted by Gasteiger charge is -2.41. The summed E-state index contributed by atoms with van der Waals surface area (Å²) in [4.78, 5) is 4.05. The second-order valence-electron chi connectivity index (χ2n) is 4.70. The van der Waals surface area contributed by atoms with E-state index in [1.807, 2.05) is 11.3 Å². The van der Waals surface area contributed by atoms with Crippen LogP contribution in [-0.4, -0.2) is 30.1 Å². The standard InChI is InChI=1S/C12H19BrN2S/c1-8-6-15(9(2)5-14-8)10(3)12-4-11(13)7-16-12/h4,7-10,14H,5-6H2,1-3H3. The Hall–Kier alpha value is 0.1000. The molecule has 2 nitrogen and oxygen atoms in total. The largest absolute Gasteiger partial charge is 0.311 e. The van der Waals surface area contributed by atoms with Gasteiger partial charge in [-0.2, -0.15) is 0 Å². The third kappa shape index (κ3) is 2.67. The van der Waals surface area contributed by atoms with Gasteiger partial charge in [0.15, 0.2) is 0 Å². The van der Waals surface area contributed by atoms with E-state index in [2.05, 4.69) is 58.4 Å². The minimum absolute atomic E-state index is 0.524. The van der Waals surface area contributed by atoms with Crippen LogP contribution in [0.1, 0.15) is 31.7 Å². The van der Waals surface area contributed by atoms with E-state index in [1.54, 1.807) is 0 Å². The molecule has 0 saturated carbocycles. The first-order valence-corrected chi connectivity index (χ1v) is 7.48. The number of thiophene rings is 1. The molecule has 1 aromatic heterocycles. The monoisotopic (exact) mass is 302 g/mol. The van der Waals surface area contributed by atoms with Crippen LogP contribution in [0.4, 0.5) is 0 Å². The quantitative estimate of drug-likeness (QED) is 0.902. The molecule has 0 bridgehead atoms. The Kier molecular flexibility index (Phi) is 4.06. The summed E-state index contributed by atoms with van der Waals surface area (Å²) in [6.07, 6.45) is 0. The highest BCUT2D eigenvalue weighted by molar-refractivity contribution is 9.10. The smallest absolute Gasteiger partial charge is 0.0417 e. The average molecular weight is 303 g/mol. The molecule has 3 unspecified atom stereocenters. The Morgan fingerprint density at radius 3 is 2.94 bits per heavy atom. The molecule has 0 amide bonds. The lowest BCUT2D eigenvalue weighted by Crippen LogP contribution is -2.54. The minimum Gasteiger partial charge on any atom is -0.311 e. The molecule has 0 aromatic carbocycles. The van der Waals surface area contributed by atoms with Gasteiger partial charge in [-0.05, 0) is 42.8 Å². The fourth-order valence-electron chi connectivity index (χ4n) is 2.30. The SMILES string of the molecule is CC1CN(C(C)c2cc(Br)cs2)C(C)CN1. The number of nitrogens with one attached hydrogen (secondary N) is 1. The van der Waals surface area contributed by atoms with Gasteiger partial charge in [0.25, 0.3) is 0 Å². The van der Waals surface area contributed by atoms with E-state index in [0.29, 0.717) is 18.1 Å². The van der Waals surface area contributed by atoms with Crippen LogP contribution < -0.4 is 5.32 Å². The summed E-state index contributed by atoms with van der Waals surface area (Å²) in [6.45, 7) is 9.11. The molecule has 2 rings (SSSR count). The maximum absolute atomic E-state index is 3.53. The highest BCUT2D eigenvalue weighted by Gasteiger charge is 2.27. The van der Waals surface area contributed by atoms with Gasteiger partial charge in [-0.15, -0.1) is 11.3 Å². The summed E-state index contributed by atoms with van der Waals surface area (Å²) in [5.74, 6) is 0. The van der Waals surface area contributed by atoms with Crippen molar-refractivity contribution >= 4 is 27.3 Å². The van der Waals surface area contributed by atoms with Crippen LogP contribution >= 0.6 is 27.3 Å². The predicted octanol–water partition coefficient (Wildman–Crippen LogP) is 3.25. The maximum Gasteiger partial charge on any atom is 0.0417 e. The molecule has 3 atom stereocenters. The van der Waals surface area contributed by atoms with Gasteiger partial charge in [-0.1, -0.05) is 0 Å². The van der Waals surface area contributed by atoms with Crippen molar-refractivity contribution in [2.24, 2.45) is 0 Å². The van der Waals surface area contributed by atoms with E-state index in [9.17, 15) is 0 Å². The van der Waals surface area contributed by atoms with Crippen molar-refractivity contribution in [1.82, 2.24) is 10.2 Å². The molecule has 1 aliphatic rings. The van der Waals surface area contributed by atoms with Gasteiger partial charge >= 0.3 is 0 Å². The molecule has 0 spiro atoms. The summed E-state index contributed by atoms with van der Waals surface area (Å²) in [5.41, 5.74) is 0. The van der Waals surface area contributed by atoms with Crippen molar-refractivity contribution in [1.29, 1.82) is 0 Å². The molecule has 1 aromatic rings. The topological polar surface area (TPSA) is 15.3 Å². The third-order valence-corrected chi connectivity index (χ3v) is 5.17. The van der Waals surface area contributed by atoms with Gasteiger partial charge in [0, 0.05) is 45.9 Å². The molecule has 0 aliphatic carbocycles. The second kappa shape index (κ2) is 5.17. The highest BCUT2D eigenvalue weighted by atomic mass is 79.9. The third-order valence-electron chi connectivity index (χ3n) is 3.31. The molecule has 1 fully saturated rings. The number of piperazine rings is 1. The van der Waals surface area contributed by atoms with Gasteiger partial charge < -0.3 is 5.32 Å². The highest BCUT2D eigenvalue weighted by Crippen LogP contribution is 2.31. The van der Waals surface area contributed by atoms with Crippen molar-refractivity contribution < 1.29 is 0 Å². The summed E-state index contributed by atoms with van der Waals surface area (Å²) in [6, 6.07) is 3.99. The van der Waals surface area contributed by atoms with Gasteiger partial charge in [0.05, 0.1) is 0 Å². The van der Waals surface area contributed by atoms with Crippen LogP contribution in [0.2, 0.25) is 0 Å². The van der Waals surface area contributed by atoms with Crippen LogP contribution in [0.5, 0.6) is 0 Å². The van der Waals surface area contributed by atoms with Crippen molar-refractivity contribution in [2.45, 2.75) is 38.9 Å². The summed E-state index contributed by atoms with van der Waals surface area (Å²) in [7, 11) is 0. The van der Waals surface area contributed by atoms with Crippen LogP contribution in [0.25, 0.3) is 0 Å². The normalized spacial score (nSPS) is 29.2. The van der Waals surface area contributed by atoms with Gasteiger partial charge in [0.1, 0.15) is 0 Å². The van der Waals surface area contributed by atoms with Crippen LogP contribution in [0.3, 0.4) is 0 Å². The summed E-state index contributed by atoms with van der Waals surface area (Å²) in [5, 5.41) is 5.69. The van der Waals surface area contributed by atoms with Gasteiger partial charge in [-0.25, -0.2) is 0 Å². The van der Waals surface area contributed by atoms with E-state index in [4.69, 9.17) is 0 Å². The fourth-order valence-corrected chi connectivity index (χ4v) is 3.82. The number of halogens is 1.